The highest BCUT2D eigenvalue weighted by molar-refractivity contribution is 4.93. The molecule has 1 aromatic rings. The second-order valence-electron chi connectivity index (χ2n) is 2.72. The van der Waals surface area contributed by atoms with Crippen molar-refractivity contribution in [2.24, 2.45) is 5.73 Å². The minimum atomic E-state index is 0.785. The van der Waals surface area contributed by atoms with E-state index in [2.05, 4.69) is 16.5 Å². The summed E-state index contributed by atoms with van der Waals surface area (Å²) in [5, 5.41) is 0. The largest absolute Gasteiger partial charge is 0.335 e. The van der Waals surface area contributed by atoms with E-state index in [1.807, 2.05) is 12.5 Å². The van der Waals surface area contributed by atoms with Crippen LogP contribution in [-0.2, 0) is 6.54 Å². The maximum absolute atomic E-state index is 5.38. The molecule has 0 fully saturated rings. The molecule has 11 heavy (non-hydrogen) atoms. The third kappa shape index (κ3) is 2.35. The molecule has 0 radical (unpaired) electrons. The molecular formula is C8H15N3. The van der Waals surface area contributed by atoms with Gasteiger partial charge in [-0.05, 0) is 26.3 Å². The van der Waals surface area contributed by atoms with Crippen molar-refractivity contribution >= 4 is 0 Å². The Bertz CT molecular complexity index is 205. The molecule has 0 saturated carbocycles. The maximum atomic E-state index is 5.38. The van der Waals surface area contributed by atoms with Gasteiger partial charge in [-0.1, -0.05) is 0 Å². The lowest BCUT2D eigenvalue weighted by Crippen LogP contribution is -2.03. The van der Waals surface area contributed by atoms with Gasteiger partial charge >= 0.3 is 0 Å². The van der Waals surface area contributed by atoms with Gasteiger partial charge in [0.2, 0.25) is 0 Å². The molecule has 0 atom stereocenters. The van der Waals surface area contributed by atoms with E-state index in [1.165, 1.54) is 5.69 Å². The van der Waals surface area contributed by atoms with Crippen LogP contribution in [0.5, 0.6) is 0 Å². The van der Waals surface area contributed by atoms with E-state index in [0.29, 0.717) is 0 Å². The number of hydrogen-bond acceptors (Lipinski definition) is 2. The summed E-state index contributed by atoms with van der Waals surface area (Å²) in [5.41, 5.74) is 6.61. The molecule has 0 aliphatic carbocycles. The van der Waals surface area contributed by atoms with Crippen molar-refractivity contribution in [1.82, 2.24) is 9.55 Å². The van der Waals surface area contributed by atoms with E-state index in [4.69, 9.17) is 5.73 Å². The first-order valence-electron chi connectivity index (χ1n) is 4.01. The van der Waals surface area contributed by atoms with Crippen molar-refractivity contribution < 1.29 is 0 Å². The van der Waals surface area contributed by atoms with E-state index in [0.717, 1.165) is 25.9 Å². The third-order valence-corrected chi connectivity index (χ3v) is 1.77. The van der Waals surface area contributed by atoms with Gasteiger partial charge in [0.05, 0.1) is 6.33 Å². The van der Waals surface area contributed by atoms with Crippen LogP contribution in [0.3, 0.4) is 0 Å². The van der Waals surface area contributed by atoms with E-state index in [1.54, 1.807) is 0 Å². The normalized spacial score (nSPS) is 10.4. The second-order valence-corrected chi connectivity index (χ2v) is 2.72. The van der Waals surface area contributed by atoms with E-state index in [-0.39, 0.29) is 0 Å². The Morgan fingerprint density at radius 1 is 1.55 bits per heavy atom. The standard InChI is InChI=1S/C8H15N3/c1-8-6-10-7-11(8)5-3-2-4-9/h6-7H,2-5,9H2,1H3. The highest BCUT2D eigenvalue weighted by Crippen LogP contribution is 1.99. The van der Waals surface area contributed by atoms with Crippen LogP contribution < -0.4 is 5.73 Å². The maximum Gasteiger partial charge on any atom is 0.0948 e. The molecular weight excluding hydrogens is 138 g/mol. The van der Waals surface area contributed by atoms with Crippen LogP contribution in [0.4, 0.5) is 0 Å². The van der Waals surface area contributed by atoms with Crippen molar-refractivity contribution in [3.63, 3.8) is 0 Å². The molecule has 0 amide bonds. The SMILES string of the molecule is Cc1cncn1CCCCN. The van der Waals surface area contributed by atoms with Crippen molar-refractivity contribution in [2.75, 3.05) is 6.54 Å². The Hall–Kier alpha value is -0.830. The fourth-order valence-electron chi connectivity index (χ4n) is 1.05. The molecule has 0 spiro atoms. The summed E-state index contributed by atoms with van der Waals surface area (Å²) in [7, 11) is 0. The molecule has 0 bridgehead atoms. The molecule has 62 valence electrons. The van der Waals surface area contributed by atoms with Gasteiger partial charge in [-0.15, -0.1) is 0 Å². The summed E-state index contributed by atoms with van der Waals surface area (Å²) in [6.07, 6.45) is 5.99. The van der Waals surface area contributed by atoms with Gasteiger partial charge in [-0.3, -0.25) is 0 Å². The van der Waals surface area contributed by atoms with Crippen molar-refractivity contribution in [1.29, 1.82) is 0 Å². The minimum absolute atomic E-state index is 0.785. The molecule has 0 aromatic carbocycles. The van der Waals surface area contributed by atoms with Crippen molar-refractivity contribution in [2.45, 2.75) is 26.3 Å². The average molecular weight is 153 g/mol. The van der Waals surface area contributed by atoms with Crippen LogP contribution in [-0.4, -0.2) is 16.1 Å². The highest BCUT2D eigenvalue weighted by atomic mass is 15.0. The van der Waals surface area contributed by atoms with Gasteiger partial charge in [-0.2, -0.15) is 0 Å². The summed E-state index contributed by atoms with van der Waals surface area (Å²) >= 11 is 0. The number of imidazole rings is 1. The second kappa shape index (κ2) is 4.13. The fourth-order valence-corrected chi connectivity index (χ4v) is 1.05. The molecule has 1 rings (SSSR count). The van der Waals surface area contributed by atoms with Gasteiger partial charge in [0, 0.05) is 18.4 Å². The van der Waals surface area contributed by atoms with Crippen LogP contribution >= 0.6 is 0 Å². The Balaban J connectivity index is 2.32. The minimum Gasteiger partial charge on any atom is -0.335 e. The monoisotopic (exact) mass is 153 g/mol. The Morgan fingerprint density at radius 2 is 2.36 bits per heavy atom. The summed E-state index contributed by atoms with van der Waals surface area (Å²) in [6.45, 7) is 3.90. The van der Waals surface area contributed by atoms with Gasteiger partial charge < -0.3 is 10.3 Å². The van der Waals surface area contributed by atoms with Gasteiger partial charge in [0.25, 0.3) is 0 Å². The van der Waals surface area contributed by atoms with Crippen LogP contribution in [0.25, 0.3) is 0 Å². The summed E-state index contributed by atoms with van der Waals surface area (Å²) in [5.74, 6) is 0. The zero-order valence-corrected chi connectivity index (χ0v) is 6.95. The molecule has 0 saturated heterocycles. The molecule has 0 aliphatic rings. The zero-order valence-electron chi connectivity index (χ0n) is 6.95. The molecule has 0 aliphatic heterocycles. The quantitative estimate of drug-likeness (QED) is 0.654. The zero-order chi connectivity index (χ0) is 8.10. The number of aromatic nitrogens is 2. The first kappa shape index (κ1) is 8.27. The van der Waals surface area contributed by atoms with E-state index in [9.17, 15) is 0 Å². The van der Waals surface area contributed by atoms with Gasteiger partial charge in [0.15, 0.2) is 0 Å². The van der Waals surface area contributed by atoms with E-state index < -0.39 is 0 Å². The first-order valence-corrected chi connectivity index (χ1v) is 4.01. The smallest absolute Gasteiger partial charge is 0.0948 e. The number of nitrogens with zero attached hydrogens (tertiary/aromatic N) is 2. The predicted molar refractivity (Wildman–Crippen MR) is 45.3 cm³/mol. The van der Waals surface area contributed by atoms with E-state index >= 15 is 0 Å². The van der Waals surface area contributed by atoms with Crippen LogP contribution in [0, 0.1) is 6.92 Å². The molecule has 0 unspecified atom stereocenters. The van der Waals surface area contributed by atoms with Crippen LogP contribution in [0.15, 0.2) is 12.5 Å². The molecule has 1 aromatic heterocycles. The lowest BCUT2D eigenvalue weighted by atomic mass is 10.3. The summed E-state index contributed by atoms with van der Waals surface area (Å²) in [6, 6.07) is 0. The number of nitrogens with two attached hydrogens (primary N) is 1. The Kier molecular flexibility index (Phi) is 3.11. The van der Waals surface area contributed by atoms with Crippen molar-refractivity contribution in [3.05, 3.63) is 18.2 Å². The Morgan fingerprint density at radius 3 is 2.91 bits per heavy atom. The highest BCUT2D eigenvalue weighted by Gasteiger charge is 1.93. The lowest BCUT2D eigenvalue weighted by molar-refractivity contribution is 0.604. The summed E-state index contributed by atoms with van der Waals surface area (Å²) < 4.78 is 2.15. The predicted octanol–water partition coefficient (Wildman–Crippen LogP) is 0.930. The van der Waals surface area contributed by atoms with Gasteiger partial charge in [0.1, 0.15) is 0 Å². The fraction of sp³-hybridized carbons (Fsp3) is 0.625. The molecule has 3 nitrogen and oxygen atoms in total. The first-order chi connectivity index (χ1) is 5.34. The van der Waals surface area contributed by atoms with Gasteiger partial charge in [-0.25, -0.2) is 4.98 Å². The van der Waals surface area contributed by atoms with Crippen LogP contribution in [0.1, 0.15) is 18.5 Å². The molecule has 3 heteroatoms. The topological polar surface area (TPSA) is 43.8 Å². The van der Waals surface area contributed by atoms with Crippen molar-refractivity contribution in [3.8, 4) is 0 Å². The molecule has 1 heterocycles. The van der Waals surface area contributed by atoms with Crippen LogP contribution in [0.2, 0.25) is 0 Å². The number of aryl methyl sites for hydroxylation is 2. The number of unbranched alkanes of at least 4 members (excludes halogenated alkanes) is 1. The number of rotatable bonds is 4. The molecule has 2 N–H and O–H groups in total. The summed E-state index contributed by atoms with van der Waals surface area (Å²) in [4.78, 5) is 4.03. The average Bonchev–Trinajstić information content (AvgIpc) is 2.37. The lowest BCUT2D eigenvalue weighted by Gasteiger charge is -2.02. The number of hydrogen-bond donors (Lipinski definition) is 1. The third-order valence-electron chi connectivity index (χ3n) is 1.77. The Labute approximate surface area is 67.2 Å².